The van der Waals surface area contributed by atoms with E-state index in [4.69, 9.17) is 0 Å². The van der Waals surface area contributed by atoms with E-state index in [0.717, 1.165) is 0 Å². The first kappa shape index (κ1) is 14.0. The summed E-state index contributed by atoms with van der Waals surface area (Å²) in [4.78, 5) is 0. The molecule has 0 heteroatoms. The summed E-state index contributed by atoms with van der Waals surface area (Å²) >= 11 is 0. The van der Waals surface area contributed by atoms with E-state index in [-0.39, 0.29) is 0 Å². The molecule has 0 heterocycles. The molecule has 0 aliphatic heterocycles. The van der Waals surface area contributed by atoms with Gasteiger partial charge >= 0.3 is 0 Å². The highest BCUT2D eigenvalue weighted by Gasteiger charge is 2.04. The highest BCUT2D eigenvalue weighted by Crippen LogP contribution is 2.29. The SMILES string of the molecule is CC(C)c1ccc2cc(-c3ccc4ccccc4c3)ccc2c1. The average molecular weight is 296 g/mol. The van der Waals surface area contributed by atoms with E-state index in [1.54, 1.807) is 0 Å². The lowest BCUT2D eigenvalue weighted by molar-refractivity contribution is 0.869. The van der Waals surface area contributed by atoms with Gasteiger partial charge in [0.15, 0.2) is 0 Å². The van der Waals surface area contributed by atoms with Crippen LogP contribution in [-0.2, 0) is 0 Å². The molecule has 23 heavy (non-hydrogen) atoms. The van der Waals surface area contributed by atoms with Crippen molar-refractivity contribution in [3.63, 3.8) is 0 Å². The monoisotopic (exact) mass is 296 g/mol. The van der Waals surface area contributed by atoms with Crippen molar-refractivity contribution in [3.05, 3.63) is 84.4 Å². The molecule has 0 spiro atoms. The standard InChI is InChI=1S/C23H20/c1-16(2)18-8-10-22-15-23(12-11-20(22)13-18)21-9-7-17-5-3-4-6-19(17)14-21/h3-16H,1-2H3. The Morgan fingerprint density at radius 2 is 1.04 bits per heavy atom. The lowest BCUT2D eigenvalue weighted by atomic mass is 9.96. The van der Waals surface area contributed by atoms with Crippen LogP contribution < -0.4 is 0 Å². The fraction of sp³-hybridized carbons (Fsp3) is 0.130. The normalized spacial score (nSPS) is 11.4. The van der Waals surface area contributed by atoms with Crippen molar-refractivity contribution in [3.8, 4) is 11.1 Å². The highest BCUT2D eigenvalue weighted by molar-refractivity contribution is 5.91. The molecule has 0 radical (unpaired) electrons. The Hall–Kier alpha value is -2.60. The van der Waals surface area contributed by atoms with Gasteiger partial charge in [-0.1, -0.05) is 80.6 Å². The summed E-state index contributed by atoms with van der Waals surface area (Å²) in [6, 6.07) is 28.8. The Morgan fingerprint density at radius 1 is 0.522 bits per heavy atom. The Balaban J connectivity index is 1.82. The van der Waals surface area contributed by atoms with Gasteiger partial charge < -0.3 is 0 Å². The molecular weight excluding hydrogens is 276 g/mol. The molecule has 0 atom stereocenters. The van der Waals surface area contributed by atoms with Gasteiger partial charge in [-0.3, -0.25) is 0 Å². The summed E-state index contributed by atoms with van der Waals surface area (Å²) in [5.41, 5.74) is 3.95. The van der Waals surface area contributed by atoms with Crippen molar-refractivity contribution >= 4 is 21.5 Å². The molecule has 0 aliphatic carbocycles. The van der Waals surface area contributed by atoms with Crippen LogP contribution in [0.25, 0.3) is 32.7 Å². The summed E-state index contributed by atoms with van der Waals surface area (Å²) in [5.74, 6) is 0.569. The number of hydrogen-bond acceptors (Lipinski definition) is 0. The average Bonchev–Trinajstić information content (AvgIpc) is 2.60. The van der Waals surface area contributed by atoms with E-state index in [1.807, 2.05) is 0 Å². The largest absolute Gasteiger partial charge is 0.0616 e. The molecule has 0 fully saturated rings. The molecule has 0 aliphatic rings. The van der Waals surface area contributed by atoms with Crippen LogP contribution in [0.1, 0.15) is 25.3 Å². The van der Waals surface area contributed by atoms with Gasteiger partial charge in [0, 0.05) is 0 Å². The van der Waals surface area contributed by atoms with Crippen molar-refractivity contribution in [2.24, 2.45) is 0 Å². The minimum absolute atomic E-state index is 0.569. The quantitative estimate of drug-likeness (QED) is 0.382. The van der Waals surface area contributed by atoms with Crippen LogP contribution >= 0.6 is 0 Å². The Labute approximate surface area is 137 Å². The molecule has 4 aromatic carbocycles. The molecule has 0 bridgehead atoms. The highest BCUT2D eigenvalue weighted by atomic mass is 14.1. The fourth-order valence-corrected chi connectivity index (χ4v) is 3.17. The maximum Gasteiger partial charge on any atom is -0.0177 e. The van der Waals surface area contributed by atoms with Crippen LogP contribution in [0.2, 0.25) is 0 Å². The molecule has 4 aromatic rings. The summed E-state index contributed by atoms with van der Waals surface area (Å²) in [7, 11) is 0. The molecule has 0 saturated carbocycles. The van der Waals surface area contributed by atoms with E-state index in [9.17, 15) is 0 Å². The zero-order chi connectivity index (χ0) is 15.8. The predicted octanol–water partition coefficient (Wildman–Crippen LogP) is 6.78. The Bertz CT molecular complexity index is 993. The molecule has 112 valence electrons. The summed E-state index contributed by atoms with van der Waals surface area (Å²) in [6.45, 7) is 4.48. The minimum atomic E-state index is 0.569. The molecular formula is C23H20. The first-order valence-electron chi connectivity index (χ1n) is 8.23. The topological polar surface area (TPSA) is 0 Å². The van der Waals surface area contributed by atoms with Crippen LogP contribution in [0, 0.1) is 0 Å². The van der Waals surface area contributed by atoms with Crippen molar-refractivity contribution in [2.45, 2.75) is 19.8 Å². The molecule has 0 N–H and O–H groups in total. The van der Waals surface area contributed by atoms with E-state index in [1.165, 1.54) is 38.2 Å². The van der Waals surface area contributed by atoms with Gasteiger partial charge in [0.25, 0.3) is 0 Å². The van der Waals surface area contributed by atoms with E-state index in [0.29, 0.717) is 5.92 Å². The van der Waals surface area contributed by atoms with Crippen LogP contribution in [0.15, 0.2) is 78.9 Å². The molecule has 0 nitrogen and oxygen atoms in total. The maximum atomic E-state index is 2.31. The van der Waals surface area contributed by atoms with Crippen molar-refractivity contribution in [2.75, 3.05) is 0 Å². The number of fused-ring (bicyclic) bond motifs is 2. The lowest BCUT2D eigenvalue weighted by Crippen LogP contribution is -1.87. The fourth-order valence-electron chi connectivity index (χ4n) is 3.17. The van der Waals surface area contributed by atoms with Gasteiger partial charge in [-0.05, 0) is 56.3 Å². The van der Waals surface area contributed by atoms with Gasteiger partial charge in [-0.25, -0.2) is 0 Å². The first-order valence-corrected chi connectivity index (χ1v) is 8.23. The second-order valence-electron chi connectivity index (χ2n) is 6.54. The summed E-state index contributed by atoms with van der Waals surface area (Å²) in [5, 5.41) is 5.21. The summed E-state index contributed by atoms with van der Waals surface area (Å²) < 4.78 is 0. The second-order valence-corrected chi connectivity index (χ2v) is 6.54. The van der Waals surface area contributed by atoms with Gasteiger partial charge in [0.2, 0.25) is 0 Å². The van der Waals surface area contributed by atoms with Gasteiger partial charge in [0.1, 0.15) is 0 Å². The third kappa shape index (κ3) is 2.61. The van der Waals surface area contributed by atoms with Crippen LogP contribution in [0.3, 0.4) is 0 Å². The van der Waals surface area contributed by atoms with E-state index >= 15 is 0 Å². The van der Waals surface area contributed by atoms with Crippen LogP contribution in [0.5, 0.6) is 0 Å². The Morgan fingerprint density at radius 3 is 1.74 bits per heavy atom. The second kappa shape index (κ2) is 5.55. The van der Waals surface area contributed by atoms with Gasteiger partial charge in [-0.15, -0.1) is 0 Å². The van der Waals surface area contributed by atoms with Crippen LogP contribution in [0.4, 0.5) is 0 Å². The van der Waals surface area contributed by atoms with Gasteiger partial charge in [0.05, 0.1) is 0 Å². The number of benzene rings is 4. The zero-order valence-electron chi connectivity index (χ0n) is 13.6. The van der Waals surface area contributed by atoms with Crippen molar-refractivity contribution < 1.29 is 0 Å². The van der Waals surface area contributed by atoms with Crippen molar-refractivity contribution in [1.82, 2.24) is 0 Å². The summed E-state index contributed by atoms with van der Waals surface area (Å²) in [6.07, 6.45) is 0. The molecule has 0 unspecified atom stereocenters. The molecule has 0 amide bonds. The lowest BCUT2D eigenvalue weighted by Gasteiger charge is -2.09. The molecule has 4 rings (SSSR count). The smallest absolute Gasteiger partial charge is 0.0177 e. The number of rotatable bonds is 2. The van der Waals surface area contributed by atoms with Crippen LogP contribution in [-0.4, -0.2) is 0 Å². The van der Waals surface area contributed by atoms with E-state index < -0.39 is 0 Å². The number of hydrogen-bond donors (Lipinski definition) is 0. The first-order chi connectivity index (χ1) is 11.2. The van der Waals surface area contributed by atoms with Crippen molar-refractivity contribution in [1.29, 1.82) is 0 Å². The Kier molecular flexibility index (Phi) is 3.38. The minimum Gasteiger partial charge on any atom is -0.0616 e. The molecule has 0 aromatic heterocycles. The van der Waals surface area contributed by atoms with E-state index in [2.05, 4.69) is 92.7 Å². The predicted molar refractivity (Wildman–Crippen MR) is 101 cm³/mol. The zero-order valence-corrected chi connectivity index (χ0v) is 13.6. The third-order valence-corrected chi connectivity index (χ3v) is 4.61. The molecule has 0 saturated heterocycles. The van der Waals surface area contributed by atoms with Gasteiger partial charge in [-0.2, -0.15) is 0 Å². The third-order valence-electron chi connectivity index (χ3n) is 4.61. The maximum absolute atomic E-state index is 2.31.